The third-order valence-corrected chi connectivity index (χ3v) is 2.34. The van der Waals surface area contributed by atoms with Crippen LogP contribution < -0.4 is 10.1 Å². The molecular weight excluding hydrogens is 258 g/mol. The average Bonchev–Trinajstić information content (AvgIpc) is 2.39. The van der Waals surface area contributed by atoms with Crippen molar-refractivity contribution in [2.24, 2.45) is 0 Å². The van der Waals surface area contributed by atoms with E-state index in [4.69, 9.17) is 4.74 Å². The van der Waals surface area contributed by atoms with E-state index in [-0.39, 0.29) is 24.8 Å². The summed E-state index contributed by atoms with van der Waals surface area (Å²) in [6.07, 6.45) is 0. The van der Waals surface area contributed by atoms with Crippen LogP contribution in [0.25, 0.3) is 0 Å². The minimum absolute atomic E-state index is 0.0422. The first-order valence-electron chi connectivity index (χ1n) is 5.46. The zero-order valence-corrected chi connectivity index (χ0v) is 10.6. The Bertz CT molecular complexity index is 480. The summed E-state index contributed by atoms with van der Waals surface area (Å²) >= 11 is 0. The number of amides is 2. The number of ether oxygens (including phenoxy) is 1. The molecule has 7 heteroatoms. The molecule has 0 aromatic heterocycles. The molecule has 0 heterocycles. The van der Waals surface area contributed by atoms with E-state index in [0.717, 1.165) is 12.1 Å². The molecule has 0 aliphatic carbocycles. The summed E-state index contributed by atoms with van der Waals surface area (Å²) in [6, 6.07) is 2.97. The van der Waals surface area contributed by atoms with Crippen LogP contribution in [-0.4, -0.2) is 44.0 Å². The second kappa shape index (κ2) is 6.67. The van der Waals surface area contributed by atoms with Crippen LogP contribution in [0.5, 0.6) is 5.75 Å². The van der Waals surface area contributed by atoms with Crippen molar-refractivity contribution in [1.29, 1.82) is 0 Å². The van der Waals surface area contributed by atoms with Gasteiger partial charge in [-0.05, 0) is 12.1 Å². The van der Waals surface area contributed by atoms with E-state index in [1.54, 1.807) is 0 Å². The molecule has 19 heavy (non-hydrogen) atoms. The molecule has 0 unspecified atom stereocenters. The van der Waals surface area contributed by atoms with Crippen molar-refractivity contribution >= 4 is 11.8 Å². The van der Waals surface area contributed by atoms with E-state index >= 15 is 0 Å². The Morgan fingerprint density at radius 2 is 2.00 bits per heavy atom. The maximum Gasteiger partial charge on any atom is 0.260 e. The second-order valence-corrected chi connectivity index (χ2v) is 3.79. The third-order valence-electron chi connectivity index (χ3n) is 2.34. The molecule has 1 aromatic carbocycles. The number of nitrogens with zero attached hydrogens (tertiary/aromatic N) is 1. The van der Waals surface area contributed by atoms with Gasteiger partial charge in [0.2, 0.25) is 5.91 Å². The molecule has 0 fully saturated rings. The topological polar surface area (TPSA) is 58.6 Å². The maximum absolute atomic E-state index is 12.9. The van der Waals surface area contributed by atoms with Crippen LogP contribution in [0.4, 0.5) is 8.78 Å². The number of carbonyl (C=O) groups excluding carboxylic acids is 2. The lowest BCUT2D eigenvalue weighted by Gasteiger charge is -2.16. The molecule has 0 atom stereocenters. The lowest BCUT2D eigenvalue weighted by molar-refractivity contribution is -0.136. The molecule has 0 saturated heterocycles. The number of nitrogens with one attached hydrogen (secondary N) is 1. The Kier molecular flexibility index (Phi) is 5.23. The second-order valence-electron chi connectivity index (χ2n) is 3.79. The largest absolute Gasteiger partial charge is 0.484 e. The average molecular weight is 272 g/mol. The molecule has 0 bridgehead atoms. The van der Waals surface area contributed by atoms with Gasteiger partial charge < -0.3 is 15.0 Å². The molecule has 0 saturated carbocycles. The van der Waals surface area contributed by atoms with Crippen LogP contribution >= 0.6 is 0 Å². The molecule has 0 aliphatic rings. The van der Waals surface area contributed by atoms with Gasteiger partial charge in [0.1, 0.15) is 5.75 Å². The zero-order chi connectivity index (χ0) is 14.4. The summed E-state index contributed by atoms with van der Waals surface area (Å²) in [5.41, 5.74) is 0. The smallest absolute Gasteiger partial charge is 0.260 e. The number of benzene rings is 1. The van der Waals surface area contributed by atoms with Crippen LogP contribution in [0.1, 0.15) is 0 Å². The highest BCUT2D eigenvalue weighted by Gasteiger charge is 2.13. The monoisotopic (exact) mass is 272 g/mol. The molecule has 5 nitrogen and oxygen atoms in total. The van der Waals surface area contributed by atoms with Gasteiger partial charge in [-0.1, -0.05) is 0 Å². The van der Waals surface area contributed by atoms with E-state index in [1.165, 1.54) is 25.1 Å². The predicted octanol–water partition coefficient (Wildman–Crippen LogP) is 0.548. The van der Waals surface area contributed by atoms with E-state index < -0.39 is 17.5 Å². The lowest BCUT2D eigenvalue weighted by atomic mass is 10.3. The Labute approximate surface area is 109 Å². The van der Waals surface area contributed by atoms with Crippen molar-refractivity contribution < 1.29 is 23.1 Å². The van der Waals surface area contributed by atoms with Crippen LogP contribution in [-0.2, 0) is 9.59 Å². The van der Waals surface area contributed by atoms with Crippen LogP contribution in [0.2, 0.25) is 0 Å². The fourth-order valence-electron chi connectivity index (χ4n) is 1.20. The van der Waals surface area contributed by atoms with Gasteiger partial charge in [-0.2, -0.15) is 0 Å². The first kappa shape index (κ1) is 14.9. The summed E-state index contributed by atoms with van der Waals surface area (Å²) in [5.74, 6) is -2.77. The number of halogens is 2. The molecule has 0 radical (unpaired) electrons. The van der Waals surface area contributed by atoms with E-state index in [0.29, 0.717) is 0 Å². The minimum atomic E-state index is -1.05. The van der Waals surface area contributed by atoms with E-state index in [1.807, 2.05) is 0 Å². The number of carbonyl (C=O) groups is 2. The zero-order valence-electron chi connectivity index (χ0n) is 10.6. The van der Waals surface area contributed by atoms with Crippen molar-refractivity contribution in [1.82, 2.24) is 10.2 Å². The van der Waals surface area contributed by atoms with Crippen molar-refractivity contribution in [3.05, 3.63) is 29.8 Å². The molecule has 1 N–H and O–H groups in total. The molecular formula is C12H14F2N2O3. The highest BCUT2D eigenvalue weighted by Crippen LogP contribution is 2.15. The number of hydrogen-bond donors (Lipinski definition) is 1. The fraction of sp³-hybridized carbons (Fsp3) is 0.333. The number of hydrogen-bond acceptors (Lipinski definition) is 3. The van der Waals surface area contributed by atoms with Crippen LogP contribution in [0, 0.1) is 11.6 Å². The van der Waals surface area contributed by atoms with Crippen LogP contribution in [0.3, 0.4) is 0 Å². The number of rotatable bonds is 5. The molecule has 2 amide bonds. The maximum atomic E-state index is 12.9. The van der Waals surface area contributed by atoms with Gasteiger partial charge in [0.15, 0.2) is 18.2 Å². The van der Waals surface area contributed by atoms with Gasteiger partial charge in [-0.15, -0.1) is 0 Å². The molecule has 0 aliphatic heterocycles. The Balaban J connectivity index is 2.49. The Hall–Kier alpha value is -2.18. The lowest BCUT2D eigenvalue weighted by Crippen LogP contribution is -2.39. The van der Waals surface area contributed by atoms with Crippen molar-refractivity contribution in [2.45, 2.75) is 0 Å². The first-order valence-corrected chi connectivity index (χ1v) is 5.46. The summed E-state index contributed by atoms with van der Waals surface area (Å²) in [5, 5.41) is 2.37. The highest BCUT2D eigenvalue weighted by atomic mass is 19.2. The molecule has 0 spiro atoms. The predicted molar refractivity (Wildman–Crippen MR) is 63.6 cm³/mol. The van der Waals surface area contributed by atoms with Gasteiger partial charge in [-0.3, -0.25) is 9.59 Å². The Morgan fingerprint density at radius 3 is 2.58 bits per heavy atom. The van der Waals surface area contributed by atoms with Gasteiger partial charge in [0.25, 0.3) is 5.91 Å². The Morgan fingerprint density at radius 1 is 1.32 bits per heavy atom. The SMILES string of the molecule is CNC(=O)CN(C)C(=O)COc1ccc(F)c(F)c1. The first-order chi connectivity index (χ1) is 8.93. The summed E-state index contributed by atoms with van der Waals surface area (Å²) in [7, 11) is 2.89. The quantitative estimate of drug-likeness (QED) is 0.851. The van der Waals surface area contributed by atoms with Crippen molar-refractivity contribution in [3.8, 4) is 5.75 Å². The third kappa shape index (κ3) is 4.53. The minimum Gasteiger partial charge on any atom is -0.484 e. The fourth-order valence-corrected chi connectivity index (χ4v) is 1.20. The van der Waals surface area contributed by atoms with Crippen LogP contribution in [0.15, 0.2) is 18.2 Å². The van der Waals surface area contributed by atoms with Gasteiger partial charge >= 0.3 is 0 Å². The molecule has 1 aromatic rings. The highest BCUT2D eigenvalue weighted by molar-refractivity contribution is 5.85. The molecule has 1 rings (SSSR count). The van der Waals surface area contributed by atoms with E-state index in [9.17, 15) is 18.4 Å². The molecule has 104 valence electrons. The van der Waals surface area contributed by atoms with Gasteiger partial charge in [-0.25, -0.2) is 8.78 Å². The van der Waals surface area contributed by atoms with Gasteiger partial charge in [0.05, 0.1) is 6.54 Å². The van der Waals surface area contributed by atoms with Crippen molar-refractivity contribution in [2.75, 3.05) is 27.2 Å². The van der Waals surface area contributed by atoms with Gasteiger partial charge in [0, 0.05) is 20.2 Å². The van der Waals surface area contributed by atoms with Crippen molar-refractivity contribution in [3.63, 3.8) is 0 Å². The normalized spacial score (nSPS) is 9.89. The summed E-state index contributed by atoms with van der Waals surface area (Å²) in [4.78, 5) is 23.8. The van der Waals surface area contributed by atoms with E-state index in [2.05, 4.69) is 5.32 Å². The standard InChI is InChI=1S/C12H14F2N2O3/c1-15-11(17)6-16(2)12(18)7-19-8-3-4-9(13)10(14)5-8/h3-5H,6-7H2,1-2H3,(H,15,17). The summed E-state index contributed by atoms with van der Waals surface area (Å²) < 4.78 is 30.5. The number of likely N-dealkylation sites (N-methyl/N-ethyl adjacent to an activating group) is 2. The summed E-state index contributed by atoms with van der Waals surface area (Å²) in [6.45, 7) is -0.463.